The summed E-state index contributed by atoms with van der Waals surface area (Å²) in [6.07, 6.45) is 9.45. The maximum Gasteiger partial charge on any atom is 0.261 e. The SMILES string of the molecule is Cc1ccc(CN(c2ccc3sc(C(=O)NC4CCCCCCC4)cc3c2)S(C)(=O)=O)cc1. The van der Waals surface area contributed by atoms with Crippen molar-refractivity contribution in [3.05, 3.63) is 64.5 Å². The quantitative estimate of drug-likeness (QED) is 0.465. The number of rotatable bonds is 6. The summed E-state index contributed by atoms with van der Waals surface area (Å²) >= 11 is 1.46. The Morgan fingerprint density at radius 2 is 1.67 bits per heavy atom. The van der Waals surface area contributed by atoms with E-state index in [-0.39, 0.29) is 18.5 Å². The Bertz CT molecular complexity index is 1210. The Morgan fingerprint density at radius 1 is 1.00 bits per heavy atom. The highest BCUT2D eigenvalue weighted by atomic mass is 32.2. The number of anilines is 1. The minimum Gasteiger partial charge on any atom is -0.349 e. The van der Waals surface area contributed by atoms with E-state index in [1.54, 1.807) is 0 Å². The number of aryl methyl sites for hydroxylation is 1. The van der Waals surface area contributed by atoms with E-state index in [9.17, 15) is 13.2 Å². The Hall–Kier alpha value is -2.38. The zero-order chi connectivity index (χ0) is 23.4. The van der Waals surface area contributed by atoms with Gasteiger partial charge in [0.25, 0.3) is 5.91 Å². The first-order valence-electron chi connectivity index (χ1n) is 11.7. The van der Waals surface area contributed by atoms with Gasteiger partial charge in [0.15, 0.2) is 0 Å². The molecule has 0 unspecified atom stereocenters. The average Bonchev–Trinajstić information content (AvgIpc) is 3.18. The number of nitrogens with zero attached hydrogens (tertiary/aromatic N) is 1. The Kier molecular flexibility index (Phi) is 7.39. The zero-order valence-corrected chi connectivity index (χ0v) is 21.0. The number of carbonyl (C=O) groups is 1. The van der Waals surface area contributed by atoms with Crippen LogP contribution < -0.4 is 9.62 Å². The summed E-state index contributed by atoms with van der Waals surface area (Å²) in [5.74, 6) is -0.0250. The van der Waals surface area contributed by atoms with E-state index in [4.69, 9.17) is 0 Å². The van der Waals surface area contributed by atoms with Crippen LogP contribution in [0.3, 0.4) is 0 Å². The first-order chi connectivity index (χ1) is 15.8. The van der Waals surface area contributed by atoms with Crippen molar-refractivity contribution in [1.82, 2.24) is 5.32 Å². The Balaban J connectivity index is 1.55. The maximum atomic E-state index is 12.9. The predicted octanol–water partition coefficient (Wildman–Crippen LogP) is 6.02. The van der Waals surface area contributed by atoms with Crippen LogP contribution in [0.5, 0.6) is 0 Å². The van der Waals surface area contributed by atoms with Gasteiger partial charge in [-0.1, -0.05) is 61.9 Å². The Labute approximate surface area is 200 Å². The summed E-state index contributed by atoms with van der Waals surface area (Å²) < 4.78 is 27.6. The van der Waals surface area contributed by atoms with E-state index in [2.05, 4.69) is 5.32 Å². The lowest BCUT2D eigenvalue weighted by Gasteiger charge is -2.22. The van der Waals surface area contributed by atoms with Crippen LogP contribution in [-0.2, 0) is 16.6 Å². The summed E-state index contributed by atoms with van der Waals surface area (Å²) in [6, 6.07) is 15.6. The minimum atomic E-state index is -3.47. The molecule has 176 valence electrons. The molecule has 1 aliphatic rings. The topological polar surface area (TPSA) is 66.5 Å². The van der Waals surface area contributed by atoms with Crippen molar-refractivity contribution in [2.24, 2.45) is 0 Å². The molecule has 1 N–H and O–H groups in total. The first kappa shape index (κ1) is 23.8. The van der Waals surface area contributed by atoms with E-state index >= 15 is 0 Å². The van der Waals surface area contributed by atoms with Crippen molar-refractivity contribution in [3.8, 4) is 0 Å². The van der Waals surface area contributed by atoms with E-state index in [1.165, 1.54) is 54.0 Å². The number of nitrogens with one attached hydrogen (secondary N) is 1. The van der Waals surface area contributed by atoms with Gasteiger partial charge in [-0.05, 0) is 55.0 Å². The number of sulfonamides is 1. The van der Waals surface area contributed by atoms with Crippen molar-refractivity contribution in [2.75, 3.05) is 10.6 Å². The molecule has 1 amide bonds. The summed E-state index contributed by atoms with van der Waals surface area (Å²) in [5, 5.41) is 4.11. The standard InChI is InChI=1S/C26H32N2O3S2/c1-19-10-12-20(13-11-19)18-28(33(2,30)31)23-14-15-24-21(16-23)17-25(32-24)26(29)27-22-8-6-4-3-5-7-9-22/h10-17,22H,3-9,18H2,1-2H3,(H,27,29). The molecule has 5 nitrogen and oxygen atoms in total. The zero-order valence-electron chi connectivity index (χ0n) is 19.3. The molecule has 1 aromatic heterocycles. The number of hydrogen-bond acceptors (Lipinski definition) is 4. The van der Waals surface area contributed by atoms with Crippen LogP contribution in [-0.4, -0.2) is 26.6 Å². The normalized spacial score (nSPS) is 15.7. The van der Waals surface area contributed by atoms with E-state index in [0.717, 1.165) is 34.1 Å². The van der Waals surface area contributed by atoms with Crippen LogP contribution in [0.4, 0.5) is 5.69 Å². The molecule has 2 aromatic carbocycles. The molecular weight excluding hydrogens is 452 g/mol. The maximum absolute atomic E-state index is 12.9. The van der Waals surface area contributed by atoms with Crippen molar-refractivity contribution >= 4 is 43.0 Å². The van der Waals surface area contributed by atoms with Crippen molar-refractivity contribution in [3.63, 3.8) is 0 Å². The number of thiophene rings is 1. The number of amides is 1. The number of hydrogen-bond donors (Lipinski definition) is 1. The van der Waals surface area contributed by atoms with Gasteiger partial charge in [0.05, 0.1) is 23.4 Å². The molecule has 0 saturated heterocycles. The van der Waals surface area contributed by atoms with E-state index < -0.39 is 10.0 Å². The molecule has 1 aliphatic carbocycles. The third kappa shape index (κ3) is 6.15. The Morgan fingerprint density at radius 3 is 2.33 bits per heavy atom. The number of carbonyl (C=O) groups excluding carboxylic acids is 1. The highest BCUT2D eigenvalue weighted by Crippen LogP contribution is 2.31. The molecule has 1 saturated carbocycles. The van der Waals surface area contributed by atoms with E-state index in [0.29, 0.717) is 10.6 Å². The van der Waals surface area contributed by atoms with E-state index in [1.807, 2.05) is 55.5 Å². The minimum absolute atomic E-state index is 0.0250. The molecule has 0 spiro atoms. The highest BCUT2D eigenvalue weighted by Gasteiger charge is 2.20. The summed E-state index contributed by atoms with van der Waals surface area (Å²) in [7, 11) is -3.47. The van der Waals surface area contributed by atoms with Crippen LogP contribution in [0.25, 0.3) is 10.1 Å². The number of benzene rings is 2. The second kappa shape index (κ2) is 10.3. The van der Waals surface area contributed by atoms with Gasteiger partial charge in [-0.25, -0.2) is 8.42 Å². The highest BCUT2D eigenvalue weighted by molar-refractivity contribution is 7.92. The van der Waals surface area contributed by atoms with Crippen LogP contribution in [0.1, 0.15) is 65.7 Å². The van der Waals surface area contributed by atoms with Gasteiger partial charge in [0.2, 0.25) is 10.0 Å². The monoisotopic (exact) mass is 484 g/mol. The van der Waals surface area contributed by atoms with Crippen LogP contribution in [0.15, 0.2) is 48.5 Å². The molecular formula is C26H32N2O3S2. The summed E-state index contributed by atoms with van der Waals surface area (Å²) in [6.45, 7) is 2.28. The lowest BCUT2D eigenvalue weighted by Crippen LogP contribution is -2.34. The third-order valence-corrected chi connectivity index (χ3v) is 8.55. The fourth-order valence-electron chi connectivity index (χ4n) is 4.41. The van der Waals surface area contributed by atoms with Gasteiger partial charge in [0.1, 0.15) is 0 Å². The molecule has 0 bridgehead atoms. The van der Waals surface area contributed by atoms with Crippen LogP contribution >= 0.6 is 11.3 Å². The average molecular weight is 485 g/mol. The smallest absolute Gasteiger partial charge is 0.261 e. The van der Waals surface area contributed by atoms with Gasteiger partial charge in [0, 0.05) is 10.7 Å². The molecule has 0 radical (unpaired) electrons. The first-order valence-corrected chi connectivity index (χ1v) is 14.3. The lowest BCUT2D eigenvalue weighted by molar-refractivity contribution is 0.0934. The van der Waals surface area contributed by atoms with Gasteiger partial charge in [-0.3, -0.25) is 9.10 Å². The third-order valence-electron chi connectivity index (χ3n) is 6.30. The van der Waals surface area contributed by atoms with Crippen LogP contribution in [0.2, 0.25) is 0 Å². The molecule has 7 heteroatoms. The molecule has 3 aromatic rings. The second-order valence-electron chi connectivity index (χ2n) is 9.10. The predicted molar refractivity (Wildman–Crippen MR) is 138 cm³/mol. The molecule has 4 rings (SSSR count). The molecule has 33 heavy (non-hydrogen) atoms. The summed E-state index contributed by atoms with van der Waals surface area (Å²) in [4.78, 5) is 13.6. The van der Waals surface area contributed by atoms with Crippen molar-refractivity contribution in [1.29, 1.82) is 0 Å². The largest absolute Gasteiger partial charge is 0.349 e. The fraction of sp³-hybridized carbons (Fsp3) is 0.423. The van der Waals surface area contributed by atoms with Gasteiger partial charge < -0.3 is 5.32 Å². The van der Waals surface area contributed by atoms with Gasteiger partial charge in [-0.2, -0.15) is 0 Å². The van der Waals surface area contributed by atoms with Crippen molar-refractivity contribution in [2.45, 2.75) is 64.5 Å². The van der Waals surface area contributed by atoms with Crippen LogP contribution in [0, 0.1) is 6.92 Å². The lowest BCUT2D eigenvalue weighted by atomic mass is 9.97. The van der Waals surface area contributed by atoms with Crippen molar-refractivity contribution < 1.29 is 13.2 Å². The fourth-order valence-corrected chi connectivity index (χ4v) is 6.24. The number of fused-ring (bicyclic) bond motifs is 1. The molecule has 0 aliphatic heterocycles. The molecule has 1 fully saturated rings. The second-order valence-corrected chi connectivity index (χ2v) is 12.1. The molecule has 0 atom stereocenters. The summed E-state index contributed by atoms with van der Waals surface area (Å²) in [5.41, 5.74) is 2.67. The molecule has 1 heterocycles. The van der Waals surface area contributed by atoms with Gasteiger partial charge >= 0.3 is 0 Å². The van der Waals surface area contributed by atoms with Gasteiger partial charge in [-0.15, -0.1) is 11.3 Å².